The lowest BCUT2D eigenvalue weighted by Gasteiger charge is -2.26. The van der Waals surface area contributed by atoms with Crippen molar-refractivity contribution in [2.24, 2.45) is 0 Å². The van der Waals surface area contributed by atoms with Crippen LogP contribution in [0.1, 0.15) is 22.8 Å². The maximum atomic E-state index is 12.8. The van der Waals surface area contributed by atoms with Gasteiger partial charge in [0.05, 0.1) is 17.8 Å². The number of amides is 1. The fourth-order valence-electron chi connectivity index (χ4n) is 3.29. The zero-order chi connectivity index (χ0) is 22.6. The normalized spacial score (nSPS) is 15.1. The summed E-state index contributed by atoms with van der Waals surface area (Å²) < 4.78 is 44.6. The lowest BCUT2D eigenvalue weighted by atomic mass is 10.0. The first-order valence-electron chi connectivity index (χ1n) is 9.89. The molecule has 5 nitrogen and oxygen atoms in total. The molecule has 8 heteroatoms. The fourth-order valence-corrected chi connectivity index (χ4v) is 3.29. The molecular weight excluding hydrogens is 419 g/mol. The minimum Gasteiger partial charge on any atom is -0.481 e. The minimum atomic E-state index is -4.44. The predicted octanol–water partition coefficient (Wildman–Crippen LogP) is 4.91. The number of nitrogens with one attached hydrogen (secondary N) is 3. The van der Waals surface area contributed by atoms with E-state index in [0.717, 1.165) is 23.3 Å². The molecule has 0 bridgehead atoms. The van der Waals surface area contributed by atoms with Gasteiger partial charge in [0.15, 0.2) is 0 Å². The molecule has 1 aliphatic heterocycles. The van der Waals surface area contributed by atoms with Crippen molar-refractivity contribution >= 4 is 17.3 Å². The highest BCUT2D eigenvalue weighted by molar-refractivity contribution is 5.82. The highest BCUT2D eigenvalue weighted by atomic mass is 19.4. The number of para-hydroxylation sites is 1. The number of alkyl halides is 3. The number of carbonyl (C=O) groups excluding carboxylic acids is 1. The smallest absolute Gasteiger partial charge is 0.416 e. The Morgan fingerprint density at radius 1 is 0.938 bits per heavy atom. The summed E-state index contributed by atoms with van der Waals surface area (Å²) in [6.45, 7) is -0.206. The van der Waals surface area contributed by atoms with Crippen LogP contribution in [-0.4, -0.2) is 12.5 Å². The second kappa shape index (κ2) is 9.05. The summed E-state index contributed by atoms with van der Waals surface area (Å²) in [5.41, 5.74) is 7.32. The van der Waals surface area contributed by atoms with Crippen molar-refractivity contribution in [2.45, 2.75) is 12.3 Å². The van der Waals surface area contributed by atoms with Gasteiger partial charge in [-0.2, -0.15) is 13.2 Å². The van der Waals surface area contributed by atoms with E-state index in [-0.39, 0.29) is 18.3 Å². The second-order valence-corrected chi connectivity index (χ2v) is 7.13. The quantitative estimate of drug-likeness (QED) is 0.478. The van der Waals surface area contributed by atoms with Gasteiger partial charge in [-0.3, -0.25) is 15.6 Å². The molecule has 1 heterocycles. The number of halogens is 3. The van der Waals surface area contributed by atoms with E-state index in [9.17, 15) is 18.0 Å². The van der Waals surface area contributed by atoms with Crippen LogP contribution in [0.3, 0.4) is 0 Å². The van der Waals surface area contributed by atoms with Crippen molar-refractivity contribution in [3.63, 3.8) is 0 Å². The largest absolute Gasteiger partial charge is 0.481 e. The molecule has 3 aromatic carbocycles. The summed E-state index contributed by atoms with van der Waals surface area (Å²) in [5, 5.41) is 2.70. The van der Waals surface area contributed by atoms with E-state index in [1.54, 1.807) is 0 Å². The monoisotopic (exact) mass is 439 g/mol. The van der Waals surface area contributed by atoms with Gasteiger partial charge in [0, 0.05) is 11.3 Å². The van der Waals surface area contributed by atoms with Gasteiger partial charge in [0.2, 0.25) is 0 Å². The van der Waals surface area contributed by atoms with Crippen LogP contribution in [0.15, 0.2) is 84.9 Å². The lowest BCUT2D eigenvalue weighted by molar-refractivity contribution is -0.137. The number of hydrazine groups is 1. The van der Waals surface area contributed by atoms with Crippen molar-refractivity contribution in [2.75, 3.05) is 11.9 Å². The number of rotatable bonds is 6. The highest BCUT2D eigenvalue weighted by Crippen LogP contribution is 2.35. The molecule has 0 aliphatic carbocycles. The van der Waals surface area contributed by atoms with E-state index in [2.05, 4.69) is 16.2 Å². The van der Waals surface area contributed by atoms with Crippen LogP contribution in [-0.2, 0) is 11.0 Å². The van der Waals surface area contributed by atoms with Crippen molar-refractivity contribution in [1.82, 2.24) is 10.9 Å². The maximum absolute atomic E-state index is 12.8. The average Bonchev–Trinajstić information content (AvgIpc) is 2.81. The van der Waals surface area contributed by atoms with Crippen LogP contribution in [0.5, 0.6) is 5.75 Å². The second-order valence-electron chi connectivity index (χ2n) is 7.13. The van der Waals surface area contributed by atoms with Crippen LogP contribution in [0, 0.1) is 0 Å². The van der Waals surface area contributed by atoms with E-state index in [4.69, 9.17) is 4.74 Å². The standard InChI is InChI=1S/C24H20F3N3O2/c25-24(26,27)17-9-6-10-18(13-17)28-15-23(31)30-29-20-14-22(16-7-2-1-3-8-16)32-21-12-5-4-11-19(20)21/h1-14,22,28-29H,15H2,(H,30,31)/t22-/m0/s1. The molecule has 3 aromatic rings. The Balaban J connectivity index is 1.41. The first kappa shape index (κ1) is 21.3. The molecule has 1 atom stereocenters. The zero-order valence-corrected chi connectivity index (χ0v) is 16.8. The number of ether oxygens (including phenoxy) is 1. The molecule has 4 rings (SSSR count). The van der Waals surface area contributed by atoms with Crippen LogP contribution < -0.4 is 20.9 Å². The number of anilines is 1. The summed E-state index contributed by atoms with van der Waals surface area (Å²) in [5.74, 6) is 0.228. The van der Waals surface area contributed by atoms with Gasteiger partial charge >= 0.3 is 6.18 Å². The topological polar surface area (TPSA) is 62.4 Å². The van der Waals surface area contributed by atoms with Crippen molar-refractivity contribution in [3.05, 3.63) is 102 Å². The van der Waals surface area contributed by atoms with Crippen LogP contribution in [0.2, 0.25) is 0 Å². The molecule has 1 amide bonds. The van der Waals surface area contributed by atoms with Gasteiger partial charge in [-0.1, -0.05) is 48.5 Å². The Bertz CT molecular complexity index is 1130. The number of carbonyl (C=O) groups is 1. The molecular formula is C24H20F3N3O2. The van der Waals surface area contributed by atoms with E-state index in [0.29, 0.717) is 11.4 Å². The third-order valence-corrected chi connectivity index (χ3v) is 4.86. The third-order valence-electron chi connectivity index (χ3n) is 4.86. The molecule has 0 radical (unpaired) electrons. The van der Waals surface area contributed by atoms with Gasteiger partial charge in [0.25, 0.3) is 5.91 Å². The Hall–Kier alpha value is -3.94. The van der Waals surface area contributed by atoms with Crippen LogP contribution in [0.25, 0.3) is 5.70 Å². The Morgan fingerprint density at radius 3 is 2.47 bits per heavy atom. The summed E-state index contributed by atoms with van der Waals surface area (Å²) in [4.78, 5) is 12.3. The zero-order valence-electron chi connectivity index (χ0n) is 16.8. The Labute approximate surface area is 182 Å². The molecule has 0 unspecified atom stereocenters. The summed E-state index contributed by atoms with van der Waals surface area (Å²) in [6, 6.07) is 21.8. The molecule has 0 saturated carbocycles. The van der Waals surface area contributed by atoms with Crippen molar-refractivity contribution in [3.8, 4) is 5.75 Å². The van der Waals surface area contributed by atoms with E-state index in [1.165, 1.54) is 12.1 Å². The van der Waals surface area contributed by atoms with Crippen molar-refractivity contribution < 1.29 is 22.7 Å². The SMILES string of the molecule is O=C(CNc1cccc(C(F)(F)F)c1)NNC1=C[C@@H](c2ccccc2)Oc2ccccc21. The molecule has 0 saturated heterocycles. The Morgan fingerprint density at radius 2 is 1.69 bits per heavy atom. The lowest BCUT2D eigenvalue weighted by Crippen LogP contribution is -2.40. The molecule has 0 spiro atoms. The maximum Gasteiger partial charge on any atom is 0.416 e. The van der Waals surface area contributed by atoms with Crippen LogP contribution in [0.4, 0.5) is 18.9 Å². The summed E-state index contributed by atoms with van der Waals surface area (Å²) in [6.07, 6.45) is -2.92. The Kier molecular flexibility index (Phi) is 6.02. The molecule has 1 aliphatic rings. The van der Waals surface area contributed by atoms with Crippen molar-refractivity contribution in [1.29, 1.82) is 0 Å². The predicted molar refractivity (Wildman–Crippen MR) is 115 cm³/mol. The summed E-state index contributed by atoms with van der Waals surface area (Å²) >= 11 is 0. The van der Waals surface area contributed by atoms with Gasteiger partial charge in [-0.15, -0.1) is 0 Å². The van der Waals surface area contributed by atoms with Gasteiger partial charge in [-0.25, -0.2) is 0 Å². The molecule has 0 fully saturated rings. The van der Waals surface area contributed by atoms with Gasteiger partial charge in [-0.05, 0) is 42.0 Å². The summed E-state index contributed by atoms with van der Waals surface area (Å²) in [7, 11) is 0. The fraction of sp³-hybridized carbons (Fsp3) is 0.125. The first-order valence-corrected chi connectivity index (χ1v) is 9.89. The van der Waals surface area contributed by atoms with Crippen LogP contribution >= 0.6 is 0 Å². The van der Waals surface area contributed by atoms with E-state index in [1.807, 2.05) is 60.7 Å². The third kappa shape index (κ3) is 5.03. The van der Waals surface area contributed by atoms with Gasteiger partial charge in [0.1, 0.15) is 11.9 Å². The highest BCUT2D eigenvalue weighted by Gasteiger charge is 2.30. The molecule has 32 heavy (non-hydrogen) atoms. The number of benzene rings is 3. The number of fused-ring (bicyclic) bond motifs is 1. The van der Waals surface area contributed by atoms with E-state index < -0.39 is 17.6 Å². The molecule has 3 N–H and O–H groups in total. The first-order chi connectivity index (χ1) is 15.4. The molecule has 0 aromatic heterocycles. The minimum absolute atomic E-state index is 0.203. The molecule has 164 valence electrons. The van der Waals surface area contributed by atoms with Gasteiger partial charge < -0.3 is 10.1 Å². The van der Waals surface area contributed by atoms with E-state index >= 15 is 0 Å². The number of hydrogen-bond donors (Lipinski definition) is 3. The average molecular weight is 439 g/mol. The number of hydrogen-bond acceptors (Lipinski definition) is 4.